The van der Waals surface area contributed by atoms with E-state index >= 15 is 0 Å². The van der Waals surface area contributed by atoms with Crippen molar-refractivity contribution in [1.29, 1.82) is 0 Å². The minimum Gasteiger partial charge on any atom is -0.298 e. The molecule has 0 aromatic rings. The van der Waals surface area contributed by atoms with Crippen LogP contribution in [0.2, 0.25) is 0 Å². The van der Waals surface area contributed by atoms with Crippen molar-refractivity contribution < 1.29 is 24.0 Å². The Hall–Kier alpha value is -1.96. The molecule has 8 heteroatoms. The first kappa shape index (κ1) is 16.4. The van der Waals surface area contributed by atoms with Gasteiger partial charge in [0.2, 0.25) is 11.8 Å². The summed E-state index contributed by atoms with van der Waals surface area (Å²) in [7, 11) is 0. The van der Waals surface area contributed by atoms with E-state index in [4.69, 9.17) is 0 Å². The molecule has 4 amide bonds. The van der Waals surface area contributed by atoms with Gasteiger partial charge in [-0.15, -0.1) is 11.8 Å². The molecule has 1 saturated heterocycles. The second kappa shape index (κ2) is 6.43. The largest absolute Gasteiger partial charge is 0.298 e. The molecule has 7 nitrogen and oxygen atoms in total. The molecule has 118 valence electrons. The molecule has 0 aromatic heterocycles. The van der Waals surface area contributed by atoms with Gasteiger partial charge in [0.25, 0.3) is 11.8 Å². The van der Waals surface area contributed by atoms with Gasteiger partial charge in [-0.25, -0.2) is 0 Å². The number of carbonyl (C=O) groups excluding carboxylic acids is 5. The predicted octanol–water partition coefficient (Wildman–Crippen LogP) is -0.0453. The summed E-state index contributed by atoms with van der Waals surface area (Å²) in [5, 5.41) is -0.629. The van der Waals surface area contributed by atoms with Crippen LogP contribution in [0.5, 0.6) is 0 Å². The zero-order valence-electron chi connectivity index (χ0n) is 12.3. The Morgan fingerprint density at radius 1 is 1.18 bits per heavy atom. The van der Waals surface area contributed by atoms with Crippen LogP contribution in [-0.4, -0.2) is 56.9 Å². The number of carbonyl (C=O) groups is 5. The van der Waals surface area contributed by atoms with Crippen molar-refractivity contribution in [1.82, 2.24) is 9.80 Å². The molecule has 0 bridgehead atoms. The monoisotopic (exact) mass is 324 g/mol. The number of hydrogen-bond acceptors (Lipinski definition) is 6. The molecule has 0 saturated carbocycles. The molecule has 0 spiro atoms. The SMILES string of the molecule is CC(C)C(=O)CSC1CC(=O)N(CN2C(=O)C=CC2=O)C1=O. The van der Waals surface area contributed by atoms with Gasteiger partial charge in [-0.3, -0.25) is 33.8 Å². The number of nitrogens with zero attached hydrogens (tertiary/aromatic N) is 2. The second-order valence-corrected chi connectivity index (χ2v) is 6.56. The third-order valence-corrected chi connectivity index (χ3v) is 4.68. The summed E-state index contributed by atoms with van der Waals surface area (Å²) in [5.74, 6) is -1.93. The molecule has 22 heavy (non-hydrogen) atoms. The lowest BCUT2D eigenvalue weighted by Gasteiger charge is -2.21. The smallest absolute Gasteiger partial charge is 0.255 e. The quantitative estimate of drug-likeness (QED) is 0.636. The van der Waals surface area contributed by atoms with Crippen molar-refractivity contribution in [2.24, 2.45) is 5.92 Å². The summed E-state index contributed by atoms with van der Waals surface area (Å²) in [5.41, 5.74) is 0. The maximum absolute atomic E-state index is 12.2. The molecule has 1 unspecified atom stereocenters. The first-order valence-corrected chi connectivity index (χ1v) is 7.88. The van der Waals surface area contributed by atoms with Gasteiger partial charge < -0.3 is 0 Å². The van der Waals surface area contributed by atoms with E-state index in [1.54, 1.807) is 13.8 Å². The number of amides is 4. The lowest BCUT2D eigenvalue weighted by molar-refractivity contribution is -0.146. The normalized spacial score (nSPS) is 21.7. The number of rotatable bonds is 6. The van der Waals surface area contributed by atoms with Gasteiger partial charge in [-0.1, -0.05) is 13.8 Å². The average molecular weight is 324 g/mol. The molecule has 0 aliphatic carbocycles. The van der Waals surface area contributed by atoms with Gasteiger partial charge >= 0.3 is 0 Å². The molecule has 2 rings (SSSR count). The van der Waals surface area contributed by atoms with Crippen LogP contribution in [0.1, 0.15) is 20.3 Å². The number of hydrogen-bond donors (Lipinski definition) is 0. The number of likely N-dealkylation sites (tertiary alicyclic amines) is 1. The fraction of sp³-hybridized carbons (Fsp3) is 0.500. The topological polar surface area (TPSA) is 91.8 Å². The van der Waals surface area contributed by atoms with E-state index < -0.39 is 28.9 Å². The number of Topliss-reactive ketones (excluding diaryl/α,β-unsaturated/α-hetero) is 1. The number of thioether (sulfide) groups is 1. The first-order chi connectivity index (χ1) is 10.3. The summed E-state index contributed by atoms with van der Waals surface area (Å²) < 4.78 is 0. The van der Waals surface area contributed by atoms with Crippen molar-refractivity contribution in [3.8, 4) is 0 Å². The van der Waals surface area contributed by atoms with Crippen molar-refractivity contribution in [3.63, 3.8) is 0 Å². The minimum absolute atomic E-state index is 0.0118. The zero-order valence-corrected chi connectivity index (χ0v) is 13.1. The highest BCUT2D eigenvalue weighted by atomic mass is 32.2. The van der Waals surface area contributed by atoms with Gasteiger partial charge in [0, 0.05) is 24.5 Å². The minimum atomic E-state index is -0.629. The van der Waals surface area contributed by atoms with Gasteiger partial charge in [0.05, 0.1) is 11.0 Å². The van der Waals surface area contributed by atoms with E-state index in [-0.39, 0.29) is 30.5 Å². The van der Waals surface area contributed by atoms with E-state index in [2.05, 4.69) is 0 Å². The molecule has 1 atom stereocenters. The third kappa shape index (κ3) is 3.27. The summed E-state index contributed by atoms with van der Waals surface area (Å²) in [6.07, 6.45) is 2.18. The standard InChI is InChI=1S/C14H16N2O5S/c1-8(2)9(17)6-22-10-5-13(20)16(14(10)21)7-15-11(18)3-4-12(15)19/h3-4,8,10H,5-7H2,1-2H3. The van der Waals surface area contributed by atoms with E-state index in [1.165, 1.54) is 0 Å². The summed E-state index contributed by atoms with van der Waals surface area (Å²) in [6.45, 7) is 3.18. The van der Waals surface area contributed by atoms with Crippen LogP contribution in [0.15, 0.2) is 12.2 Å². The van der Waals surface area contributed by atoms with Crippen LogP contribution < -0.4 is 0 Å². The molecule has 2 aliphatic rings. The number of imide groups is 2. The van der Waals surface area contributed by atoms with E-state index in [0.29, 0.717) is 0 Å². The van der Waals surface area contributed by atoms with Crippen LogP contribution in [0.25, 0.3) is 0 Å². The average Bonchev–Trinajstić information content (AvgIpc) is 2.91. The van der Waals surface area contributed by atoms with Gasteiger partial charge in [-0.05, 0) is 0 Å². The lowest BCUT2D eigenvalue weighted by atomic mass is 10.1. The van der Waals surface area contributed by atoms with Crippen LogP contribution in [0.3, 0.4) is 0 Å². The Bertz CT molecular complexity index is 566. The zero-order chi connectivity index (χ0) is 16.4. The van der Waals surface area contributed by atoms with Gasteiger partial charge in [-0.2, -0.15) is 0 Å². The molecule has 0 radical (unpaired) electrons. The van der Waals surface area contributed by atoms with Crippen molar-refractivity contribution in [3.05, 3.63) is 12.2 Å². The summed E-state index contributed by atoms with van der Waals surface area (Å²) >= 11 is 1.13. The van der Waals surface area contributed by atoms with Crippen molar-refractivity contribution in [2.75, 3.05) is 12.4 Å². The fourth-order valence-corrected chi connectivity index (χ4v) is 3.22. The molecule has 1 fully saturated rings. The Morgan fingerprint density at radius 2 is 1.77 bits per heavy atom. The molecular weight excluding hydrogens is 308 g/mol. The van der Waals surface area contributed by atoms with E-state index in [1.807, 2.05) is 0 Å². The molecule has 2 aliphatic heterocycles. The molecule has 2 heterocycles. The maximum Gasteiger partial charge on any atom is 0.255 e. The van der Waals surface area contributed by atoms with Crippen molar-refractivity contribution in [2.45, 2.75) is 25.5 Å². The third-order valence-electron chi connectivity index (χ3n) is 3.46. The van der Waals surface area contributed by atoms with Crippen LogP contribution >= 0.6 is 11.8 Å². The highest BCUT2D eigenvalue weighted by Crippen LogP contribution is 2.26. The predicted molar refractivity (Wildman–Crippen MR) is 78.4 cm³/mol. The van der Waals surface area contributed by atoms with E-state index in [0.717, 1.165) is 33.7 Å². The highest BCUT2D eigenvalue weighted by Gasteiger charge is 2.41. The van der Waals surface area contributed by atoms with Crippen molar-refractivity contribution >= 4 is 41.2 Å². The summed E-state index contributed by atoms with van der Waals surface area (Å²) in [4.78, 5) is 60.4. The maximum atomic E-state index is 12.2. The Kier molecular flexibility index (Phi) is 4.80. The van der Waals surface area contributed by atoms with Crippen LogP contribution in [0, 0.1) is 5.92 Å². The van der Waals surface area contributed by atoms with Gasteiger partial charge in [0.15, 0.2) is 0 Å². The Labute approximate surface area is 131 Å². The highest BCUT2D eigenvalue weighted by molar-refractivity contribution is 8.01. The Morgan fingerprint density at radius 3 is 2.32 bits per heavy atom. The molecule has 0 N–H and O–H groups in total. The van der Waals surface area contributed by atoms with Crippen LogP contribution in [0.4, 0.5) is 0 Å². The summed E-state index contributed by atoms with van der Waals surface area (Å²) in [6, 6.07) is 0. The molecule has 0 aromatic carbocycles. The van der Waals surface area contributed by atoms with E-state index in [9.17, 15) is 24.0 Å². The first-order valence-electron chi connectivity index (χ1n) is 6.83. The van der Waals surface area contributed by atoms with Gasteiger partial charge in [0.1, 0.15) is 12.5 Å². The lowest BCUT2D eigenvalue weighted by Crippen LogP contribution is -2.44. The Balaban J connectivity index is 1.96. The number of ketones is 1. The van der Waals surface area contributed by atoms with Crippen LogP contribution in [-0.2, 0) is 24.0 Å². The second-order valence-electron chi connectivity index (χ2n) is 5.36. The fourth-order valence-electron chi connectivity index (χ4n) is 1.99. The molecular formula is C14H16N2O5S.